The molecule has 0 spiro atoms. The normalized spacial score (nSPS) is 6.56. The summed E-state index contributed by atoms with van der Waals surface area (Å²) >= 11 is 0. The van der Waals surface area contributed by atoms with E-state index in [2.05, 4.69) is 0 Å². The third kappa shape index (κ3) is 248. The largest absolute Gasteiger partial charge is 3.00 e. The number of phosphoric acid groups is 1. The van der Waals surface area contributed by atoms with Crippen LogP contribution in [-0.2, 0) is 38.7 Å². The molecule has 0 aliphatic heterocycles. The monoisotopic (exact) mass is 227 g/mol. The minimum Gasteiger partial charge on any atom is -0.822 e. The van der Waals surface area contributed by atoms with Gasteiger partial charge in [0.15, 0.2) is 0 Å². The zero-order chi connectivity index (χ0) is 4.50. The second-order valence-electron chi connectivity index (χ2n) is 0.447. The Balaban J connectivity index is -0.0000000133. The molecule has 9 heteroatoms. The molecule has 0 N–H and O–H groups in total. The molecule has 0 saturated heterocycles. The molecule has 0 aromatic rings. The van der Waals surface area contributed by atoms with Gasteiger partial charge >= 0.3 is 59.1 Å². The zero-order valence-electron chi connectivity index (χ0n) is 4.26. The first-order valence-electron chi connectivity index (χ1n) is 0.730. The summed E-state index contributed by atoms with van der Waals surface area (Å²) in [6.45, 7) is 0. The van der Waals surface area contributed by atoms with Crippen LogP contribution in [0.4, 0.5) is 0 Å². The fourth-order valence-electron chi connectivity index (χ4n) is 0. The van der Waals surface area contributed by atoms with Crippen LogP contribution in [0.5, 0.6) is 0 Å². The van der Waals surface area contributed by atoms with Crippen molar-refractivity contribution in [3.8, 4) is 0 Å². The minimum atomic E-state index is -5.39. The average molecular weight is 227 g/mol. The Hall–Kier alpha value is 1.46. The summed E-state index contributed by atoms with van der Waals surface area (Å²) in [5.41, 5.74) is 0. The van der Waals surface area contributed by atoms with Crippen molar-refractivity contribution in [2.45, 2.75) is 0 Å². The van der Waals surface area contributed by atoms with Crippen molar-refractivity contribution in [3.05, 3.63) is 0 Å². The molecule has 0 saturated carbocycles. The van der Waals surface area contributed by atoms with Crippen molar-refractivity contribution in [2.24, 2.45) is 0 Å². The molecule has 0 aliphatic rings. The molecule has 0 amide bonds. The molecule has 5 nitrogen and oxygen atoms in total. The maximum atomic E-state index is 8.55. The average Bonchev–Trinajstić information content (AvgIpc) is 0.722. The molecule has 0 aliphatic carbocycles. The number of nitrogens with zero attached hydrogens (tertiary/aromatic N) is 1. The summed E-state index contributed by atoms with van der Waals surface area (Å²) in [7, 11) is -5.39. The van der Waals surface area contributed by atoms with E-state index in [0.717, 1.165) is 0 Å². The van der Waals surface area contributed by atoms with Crippen molar-refractivity contribution >= 4 is 7.82 Å². The first kappa shape index (κ1) is 31.4. The molecule has 0 heterocycles. The quantitative estimate of drug-likeness (QED) is 0.302. The van der Waals surface area contributed by atoms with Crippen LogP contribution in [0.1, 0.15) is 0 Å². The summed E-state index contributed by atoms with van der Waals surface area (Å²) < 4.78 is 8.55. The fraction of sp³-hybridized carbons (Fsp3) is 0. The predicted octanol–water partition coefficient (Wildman–Crippen LogP) is -6.31. The topological polar surface area (TPSA) is 117 Å². The Labute approximate surface area is 85.9 Å². The van der Waals surface area contributed by atoms with Gasteiger partial charge in [0.25, 0.3) is 0 Å². The van der Waals surface area contributed by atoms with E-state index in [1.54, 1.807) is 0 Å². The summed E-state index contributed by atoms with van der Waals surface area (Å²) in [6.07, 6.45) is 0. The van der Waals surface area contributed by atoms with Crippen LogP contribution in [0.25, 0.3) is 0 Å². The van der Waals surface area contributed by atoms with Gasteiger partial charge in [0.2, 0.25) is 0 Å². The number of rotatable bonds is 0. The van der Waals surface area contributed by atoms with E-state index in [1.165, 1.54) is 0 Å². The van der Waals surface area contributed by atoms with E-state index in [1.807, 2.05) is 0 Å². The summed E-state index contributed by atoms with van der Waals surface area (Å²) in [4.78, 5) is 25.6. The van der Waals surface area contributed by atoms with Gasteiger partial charge in [-0.1, -0.05) is 0 Å². The minimum absolute atomic E-state index is 0. The van der Waals surface area contributed by atoms with Crippen molar-refractivity contribution in [1.29, 1.82) is 0 Å². The van der Waals surface area contributed by atoms with E-state index in [0.29, 0.717) is 0 Å². The van der Waals surface area contributed by atoms with E-state index in [9.17, 15) is 0 Å². The fourth-order valence-corrected chi connectivity index (χ4v) is 0. The Morgan fingerprint density at radius 3 is 1.11 bits per heavy atom. The Morgan fingerprint density at radius 1 is 1.11 bits per heavy atom. The van der Waals surface area contributed by atoms with E-state index >= 15 is 0 Å². The van der Waals surface area contributed by atoms with Gasteiger partial charge in [-0.05, 0) is 0 Å². The van der Waals surface area contributed by atoms with E-state index in [-0.39, 0.29) is 59.1 Å². The van der Waals surface area contributed by atoms with Gasteiger partial charge in [0.05, 0.1) is 0 Å². The molecule has 0 fully saturated rings. The Kier molecular flexibility index (Phi) is 42.4. The van der Waals surface area contributed by atoms with Gasteiger partial charge in [0.1, 0.15) is 0 Å². The van der Waals surface area contributed by atoms with Crippen molar-refractivity contribution in [1.82, 2.24) is 6.15 Å². The second kappa shape index (κ2) is 12.2. The molecular weight excluding hydrogens is 227 g/mol. The van der Waals surface area contributed by atoms with Crippen molar-refractivity contribution in [3.63, 3.8) is 0 Å². The maximum Gasteiger partial charge on any atom is 3.00 e. The van der Waals surface area contributed by atoms with Crippen LogP contribution < -0.4 is 39.7 Å². The van der Waals surface area contributed by atoms with Crippen molar-refractivity contribution in [2.75, 3.05) is 0 Å². The van der Waals surface area contributed by atoms with Gasteiger partial charge in [-0.15, -0.1) is 0 Å². The maximum absolute atomic E-state index is 8.55. The second-order valence-corrected chi connectivity index (χ2v) is 1.34. The first-order valence-corrected chi connectivity index (χ1v) is 2.19. The molecule has 3 radical (unpaired) electrons. The summed E-state index contributed by atoms with van der Waals surface area (Å²) in [6, 6.07) is 0. The number of hydrogen-bond acceptors (Lipinski definition) is 4. The van der Waals surface area contributed by atoms with Crippen LogP contribution in [0, 0.1) is 0 Å². The molecule has 9 heavy (non-hydrogen) atoms. The van der Waals surface area contributed by atoms with Crippen LogP contribution in [-0.4, -0.2) is 0 Å². The van der Waals surface area contributed by atoms with Crippen molar-refractivity contribution < 1.29 is 72.2 Å². The molecule has 0 aromatic carbocycles. The Bertz CT molecular complexity index is 66.7. The molecular formula is FeLiMnNO4P+5. The zero-order valence-corrected chi connectivity index (χ0v) is 7.44. The van der Waals surface area contributed by atoms with Gasteiger partial charge in [-0.3, -0.25) is 0 Å². The van der Waals surface area contributed by atoms with Crippen LogP contribution in [0.3, 0.4) is 0 Å². The van der Waals surface area contributed by atoms with E-state index < -0.39 is 7.82 Å². The molecule has 0 aromatic heterocycles. The third-order valence-corrected chi connectivity index (χ3v) is 0. The standard InChI is InChI=1S/Fe.Li.Mn.N.H3O4P/c;;;;1-5(2,3)4/h;;;;(H3,1,2,3,4)/q+2;+1;+2;+3;/p-3. The van der Waals surface area contributed by atoms with Gasteiger partial charge < -0.3 is 19.2 Å². The molecule has 0 unspecified atom stereocenters. The SMILES string of the molecule is O=P([O-])([O-])[O-].[Fe+2].[Li+].[Mn+2].[N+3]. The van der Waals surface area contributed by atoms with Gasteiger partial charge in [0, 0.05) is 0 Å². The molecule has 0 bridgehead atoms. The summed E-state index contributed by atoms with van der Waals surface area (Å²) in [5, 5.41) is 0. The Morgan fingerprint density at radius 2 is 1.11 bits per heavy atom. The third-order valence-electron chi connectivity index (χ3n) is 0. The smallest absolute Gasteiger partial charge is 0.822 e. The van der Waals surface area contributed by atoms with Crippen LogP contribution in [0.15, 0.2) is 0 Å². The van der Waals surface area contributed by atoms with Gasteiger partial charge in [-0.2, -0.15) is 7.82 Å². The molecule has 45 valence electrons. The summed E-state index contributed by atoms with van der Waals surface area (Å²) in [5.74, 6) is 0. The molecule has 0 rings (SSSR count). The molecule has 0 atom stereocenters. The van der Waals surface area contributed by atoms with E-state index in [4.69, 9.17) is 19.2 Å². The predicted molar refractivity (Wildman–Crippen MR) is 9.74 cm³/mol. The van der Waals surface area contributed by atoms with Crippen LogP contribution in [0.2, 0.25) is 0 Å². The number of hydrogen-bond donors (Lipinski definition) is 0. The van der Waals surface area contributed by atoms with Crippen LogP contribution >= 0.6 is 7.82 Å². The first-order chi connectivity index (χ1) is 2.00. The van der Waals surface area contributed by atoms with Gasteiger partial charge in [-0.25, -0.2) is 0 Å².